The summed E-state index contributed by atoms with van der Waals surface area (Å²) in [6, 6.07) is 3.95. The number of rotatable bonds is 5. The third-order valence-corrected chi connectivity index (χ3v) is 7.58. The lowest BCUT2D eigenvalue weighted by Gasteiger charge is -2.25. The molecular formula is C13H20N2O2S2. The number of nitrogens with zero attached hydrogens (tertiary/aromatic N) is 1. The van der Waals surface area contributed by atoms with Crippen LogP contribution in [0.2, 0.25) is 0 Å². The Morgan fingerprint density at radius 1 is 1.42 bits per heavy atom. The van der Waals surface area contributed by atoms with Gasteiger partial charge in [0, 0.05) is 24.0 Å². The highest BCUT2D eigenvalue weighted by atomic mass is 32.2. The highest BCUT2D eigenvalue weighted by Gasteiger charge is 2.44. The van der Waals surface area contributed by atoms with Crippen LogP contribution < -0.4 is 5.32 Å². The summed E-state index contributed by atoms with van der Waals surface area (Å²) in [6.45, 7) is 4.43. The van der Waals surface area contributed by atoms with Gasteiger partial charge in [0.05, 0.1) is 0 Å². The summed E-state index contributed by atoms with van der Waals surface area (Å²) in [5, 5.41) is 3.23. The van der Waals surface area contributed by atoms with Crippen LogP contribution in [-0.2, 0) is 16.6 Å². The minimum Gasteiger partial charge on any atom is -0.312 e. The second-order valence-corrected chi connectivity index (χ2v) is 8.69. The molecular weight excluding hydrogens is 280 g/mol. The Labute approximate surface area is 118 Å². The maximum atomic E-state index is 12.6. The fraction of sp³-hybridized carbons (Fsp3) is 0.692. The zero-order valence-electron chi connectivity index (χ0n) is 11.1. The van der Waals surface area contributed by atoms with Crippen molar-refractivity contribution in [3.8, 4) is 0 Å². The molecule has 0 amide bonds. The number of thiophene rings is 1. The van der Waals surface area contributed by atoms with Crippen LogP contribution in [-0.4, -0.2) is 31.9 Å². The smallest absolute Gasteiger partial charge is 0.252 e. The van der Waals surface area contributed by atoms with Gasteiger partial charge in [0.1, 0.15) is 4.21 Å². The Kier molecular flexibility index (Phi) is 3.68. The minimum atomic E-state index is -3.25. The van der Waals surface area contributed by atoms with Crippen molar-refractivity contribution in [1.29, 1.82) is 0 Å². The highest BCUT2D eigenvalue weighted by molar-refractivity contribution is 7.91. The van der Waals surface area contributed by atoms with E-state index in [-0.39, 0.29) is 6.04 Å². The third-order valence-electron chi connectivity index (χ3n) is 4.11. The van der Waals surface area contributed by atoms with Gasteiger partial charge in [-0.15, -0.1) is 11.3 Å². The van der Waals surface area contributed by atoms with Crippen molar-refractivity contribution in [3.63, 3.8) is 0 Å². The van der Waals surface area contributed by atoms with Crippen LogP contribution in [0.3, 0.4) is 0 Å². The van der Waals surface area contributed by atoms with Gasteiger partial charge in [-0.25, -0.2) is 8.42 Å². The first kappa shape index (κ1) is 13.5. The number of fused-ring (bicyclic) bond motifs is 2. The van der Waals surface area contributed by atoms with Crippen LogP contribution in [0.5, 0.6) is 0 Å². The van der Waals surface area contributed by atoms with E-state index in [1.807, 2.05) is 13.0 Å². The molecule has 0 spiro atoms. The normalized spacial score (nSPS) is 27.2. The van der Waals surface area contributed by atoms with E-state index in [0.717, 1.165) is 37.4 Å². The van der Waals surface area contributed by atoms with Crippen molar-refractivity contribution < 1.29 is 8.42 Å². The molecule has 1 saturated heterocycles. The number of sulfonamides is 1. The first-order valence-corrected chi connectivity index (χ1v) is 9.18. The maximum Gasteiger partial charge on any atom is 0.252 e. The van der Waals surface area contributed by atoms with Gasteiger partial charge in [0.25, 0.3) is 10.0 Å². The van der Waals surface area contributed by atoms with E-state index in [0.29, 0.717) is 10.1 Å². The van der Waals surface area contributed by atoms with E-state index in [2.05, 4.69) is 5.32 Å². The standard InChI is InChI=1S/C13H20N2O2S2/c1-2-14-8-12-5-6-13(18-12)19(16,17)15-9-10-3-4-11(15)7-10/h5-6,10-11,14H,2-4,7-9H2,1H3. The largest absolute Gasteiger partial charge is 0.312 e. The fourth-order valence-corrected chi connectivity index (χ4v) is 6.33. The molecule has 1 saturated carbocycles. The second kappa shape index (κ2) is 5.16. The molecule has 6 heteroatoms. The highest BCUT2D eigenvalue weighted by Crippen LogP contribution is 2.41. The predicted octanol–water partition coefficient (Wildman–Crippen LogP) is 2.03. The zero-order chi connectivity index (χ0) is 13.5. The molecule has 0 radical (unpaired) electrons. The molecule has 2 atom stereocenters. The molecule has 0 aromatic carbocycles. The van der Waals surface area contributed by atoms with E-state index in [4.69, 9.17) is 0 Å². The molecule has 2 heterocycles. The lowest BCUT2D eigenvalue weighted by atomic mass is 10.1. The average Bonchev–Trinajstić information content (AvgIpc) is 3.11. The van der Waals surface area contributed by atoms with E-state index in [1.54, 1.807) is 10.4 Å². The summed E-state index contributed by atoms with van der Waals surface area (Å²) in [5.41, 5.74) is 0. The van der Waals surface area contributed by atoms with Gasteiger partial charge in [-0.1, -0.05) is 6.92 Å². The van der Waals surface area contributed by atoms with Gasteiger partial charge in [-0.2, -0.15) is 4.31 Å². The van der Waals surface area contributed by atoms with Gasteiger partial charge in [-0.05, 0) is 43.9 Å². The van der Waals surface area contributed by atoms with Gasteiger partial charge in [-0.3, -0.25) is 0 Å². The predicted molar refractivity (Wildman–Crippen MR) is 76.7 cm³/mol. The molecule has 1 aliphatic heterocycles. The second-order valence-electron chi connectivity index (χ2n) is 5.41. The fourth-order valence-electron chi connectivity index (χ4n) is 3.13. The van der Waals surface area contributed by atoms with Crippen LogP contribution in [0.25, 0.3) is 0 Å². The van der Waals surface area contributed by atoms with E-state index < -0.39 is 10.0 Å². The molecule has 2 bridgehead atoms. The molecule has 2 unspecified atom stereocenters. The first-order valence-electron chi connectivity index (χ1n) is 6.92. The summed E-state index contributed by atoms with van der Waals surface area (Å²) in [6.07, 6.45) is 3.31. The van der Waals surface area contributed by atoms with E-state index in [9.17, 15) is 8.42 Å². The Morgan fingerprint density at radius 3 is 2.89 bits per heavy atom. The maximum absolute atomic E-state index is 12.6. The Bertz CT molecular complexity index is 553. The van der Waals surface area contributed by atoms with Gasteiger partial charge in [0.2, 0.25) is 0 Å². The molecule has 3 rings (SSSR count). The molecule has 2 fully saturated rings. The molecule has 1 aromatic heterocycles. The lowest BCUT2D eigenvalue weighted by Crippen LogP contribution is -2.37. The third kappa shape index (κ3) is 2.46. The van der Waals surface area contributed by atoms with Gasteiger partial charge < -0.3 is 5.32 Å². The molecule has 19 heavy (non-hydrogen) atoms. The topological polar surface area (TPSA) is 49.4 Å². The Morgan fingerprint density at radius 2 is 2.26 bits per heavy atom. The first-order chi connectivity index (χ1) is 9.11. The summed E-state index contributed by atoms with van der Waals surface area (Å²) in [4.78, 5) is 1.09. The molecule has 2 aliphatic rings. The Balaban J connectivity index is 1.78. The van der Waals surface area contributed by atoms with Crippen molar-refractivity contribution in [1.82, 2.24) is 9.62 Å². The zero-order valence-corrected chi connectivity index (χ0v) is 12.8. The number of piperidine rings is 1. The van der Waals surface area contributed by atoms with Crippen LogP contribution >= 0.6 is 11.3 Å². The van der Waals surface area contributed by atoms with Crippen LogP contribution in [0.1, 0.15) is 31.1 Å². The van der Waals surface area contributed by atoms with Crippen molar-refractivity contribution >= 4 is 21.4 Å². The van der Waals surface area contributed by atoms with E-state index >= 15 is 0 Å². The monoisotopic (exact) mass is 300 g/mol. The lowest BCUT2D eigenvalue weighted by molar-refractivity contribution is 0.334. The van der Waals surface area contributed by atoms with Crippen LogP contribution in [0.15, 0.2) is 16.3 Å². The molecule has 106 valence electrons. The number of hydrogen-bond acceptors (Lipinski definition) is 4. The van der Waals surface area contributed by atoms with Crippen molar-refractivity contribution in [2.45, 2.75) is 43.0 Å². The minimum absolute atomic E-state index is 0.259. The van der Waals surface area contributed by atoms with Crippen molar-refractivity contribution in [3.05, 3.63) is 17.0 Å². The summed E-state index contributed by atoms with van der Waals surface area (Å²) >= 11 is 1.40. The van der Waals surface area contributed by atoms with Gasteiger partial charge >= 0.3 is 0 Å². The summed E-state index contributed by atoms with van der Waals surface area (Å²) in [7, 11) is -3.25. The molecule has 1 aromatic rings. The summed E-state index contributed by atoms with van der Waals surface area (Å²) < 4.78 is 27.5. The molecule has 1 N–H and O–H groups in total. The Hall–Kier alpha value is -0.430. The average molecular weight is 300 g/mol. The van der Waals surface area contributed by atoms with Crippen LogP contribution in [0.4, 0.5) is 0 Å². The SMILES string of the molecule is CCNCc1ccc(S(=O)(=O)N2CC3CCC2C3)s1. The number of nitrogens with one attached hydrogen (secondary N) is 1. The van der Waals surface area contributed by atoms with Crippen LogP contribution in [0, 0.1) is 5.92 Å². The van der Waals surface area contributed by atoms with E-state index in [1.165, 1.54) is 17.8 Å². The molecule has 1 aliphatic carbocycles. The van der Waals surface area contributed by atoms with Gasteiger partial charge in [0.15, 0.2) is 0 Å². The van der Waals surface area contributed by atoms with Crippen molar-refractivity contribution in [2.24, 2.45) is 5.92 Å². The van der Waals surface area contributed by atoms with Crippen molar-refractivity contribution in [2.75, 3.05) is 13.1 Å². The summed E-state index contributed by atoms with van der Waals surface area (Å²) in [5.74, 6) is 0.598. The quantitative estimate of drug-likeness (QED) is 0.905. The number of hydrogen-bond donors (Lipinski definition) is 1. The molecule has 4 nitrogen and oxygen atoms in total.